The van der Waals surface area contributed by atoms with Gasteiger partial charge in [-0.3, -0.25) is 19.2 Å². The lowest BCUT2D eigenvalue weighted by Gasteiger charge is -2.40. The van der Waals surface area contributed by atoms with Crippen LogP contribution < -0.4 is 10.6 Å². The number of thiol groups is 1. The van der Waals surface area contributed by atoms with E-state index in [9.17, 15) is 19.2 Å². The van der Waals surface area contributed by atoms with Crippen molar-refractivity contribution in [2.45, 2.75) is 87.3 Å². The minimum atomic E-state index is -1.09. The summed E-state index contributed by atoms with van der Waals surface area (Å²) in [6.45, 7) is 19.9. The number of rotatable bonds is 10. The normalized spacial score (nSPS) is 14.1. The molecule has 1 atom stereocenters. The third-order valence-corrected chi connectivity index (χ3v) is 6.01. The van der Waals surface area contributed by atoms with E-state index in [1.54, 1.807) is 27.7 Å². The molecular weight excluding hydrogens is 388 g/mol. The van der Waals surface area contributed by atoms with E-state index in [2.05, 4.69) is 23.3 Å². The fourth-order valence-electron chi connectivity index (χ4n) is 2.65. The molecule has 0 aliphatic heterocycles. The maximum atomic E-state index is 12.7. The van der Waals surface area contributed by atoms with Crippen molar-refractivity contribution in [2.75, 3.05) is 13.1 Å². The molecule has 0 aromatic carbocycles. The summed E-state index contributed by atoms with van der Waals surface area (Å²) < 4.78 is -1.09. The lowest BCUT2D eigenvalue weighted by molar-refractivity contribution is -0.134. The van der Waals surface area contributed by atoms with Gasteiger partial charge in [0.1, 0.15) is 11.6 Å². The zero-order chi connectivity index (χ0) is 23.8. The molecule has 0 bridgehead atoms. The smallest absolute Gasteiger partial charge is 0.235 e. The van der Waals surface area contributed by atoms with Crippen molar-refractivity contribution in [1.29, 1.82) is 0 Å². The molecule has 0 saturated carbocycles. The number of nitrogens with one attached hydrogen (secondary N) is 2. The van der Waals surface area contributed by atoms with E-state index in [-0.39, 0.29) is 36.3 Å². The molecule has 0 radical (unpaired) electrons. The first-order valence-electron chi connectivity index (χ1n) is 10.2. The van der Waals surface area contributed by atoms with Crippen LogP contribution in [0, 0.1) is 16.2 Å². The minimum Gasteiger partial charge on any atom is -0.354 e. The number of Topliss-reactive ketones (excluding diaryl/α,β-unsaturated/α-hetero) is 2. The van der Waals surface area contributed by atoms with Crippen molar-refractivity contribution in [1.82, 2.24) is 10.6 Å². The highest BCUT2D eigenvalue weighted by atomic mass is 32.1. The molecule has 0 fully saturated rings. The van der Waals surface area contributed by atoms with Crippen molar-refractivity contribution in [3.8, 4) is 0 Å². The molecule has 1 unspecified atom stereocenters. The van der Waals surface area contributed by atoms with Gasteiger partial charge in [-0.15, -0.1) is 0 Å². The van der Waals surface area contributed by atoms with E-state index in [1.165, 1.54) is 6.92 Å². The fraction of sp³-hybridized carbons (Fsp3) is 0.818. The minimum absolute atomic E-state index is 0.0357. The molecule has 0 aliphatic rings. The highest BCUT2D eigenvalue weighted by Crippen LogP contribution is 2.39. The van der Waals surface area contributed by atoms with Crippen molar-refractivity contribution in [2.24, 2.45) is 16.2 Å². The molecule has 2 N–H and O–H groups in total. The highest BCUT2D eigenvalue weighted by Gasteiger charge is 2.43. The summed E-state index contributed by atoms with van der Waals surface area (Å²) in [5.41, 5.74) is -1.93. The zero-order valence-corrected chi connectivity index (χ0v) is 21.1. The summed E-state index contributed by atoms with van der Waals surface area (Å²) in [6.07, 6.45) is 0.190. The van der Waals surface area contributed by atoms with Crippen molar-refractivity contribution < 1.29 is 19.2 Å². The third kappa shape index (κ3) is 8.89. The maximum Gasteiger partial charge on any atom is 0.235 e. The lowest BCUT2D eigenvalue weighted by Crippen LogP contribution is -2.52. The quantitative estimate of drug-likeness (QED) is 0.462. The Hall–Kier alpha value is -1.37. The van der Waals surface area contributed by atoms with E-state index in [4.69, 9.17) is 0 Å². The monoisotopic (exact) mass is 430 g/mol. The van der Waals surface area contributed by atoms with Gasteiger partial charge in [0.2, 0.25) is 11.8 Å². The molecule has 0 aromatic heterocycles. The van der Waals surface area contributed by atoms with Gasteiger partial charge in [-0.2, -0.15) is 12.6 Å². The highest BCUT2D eigenvalue weighted by molar-refractivity contribution is 7.82. The Kier molecular flexibility index (Phi) is 11.5. The van der Waals surface area contributed by atoms with Crippen molar-refractivity contribution in [3.05, 3.63) is 0 Å². The summed E-state index contributed by atoms with van der Waals surface area (Å²) in [7, 11) is 0. The Labute approximate surface area is 182 Å². The first-order valence-corrected chi connectivity index (χ1v) is 10.6. The van der Waals surface area contributed by atoms with Gasteiger partial charge in [0, 0.05) is 17.4 Å². The second-order valence-corrected chi connectivity index (χ2v) is 10.5. The van der Waals surface area contributed by atoms with Crippen LogP contribution in [0.3, 0.4) is 0 Å². The number of ketones is 2. The SMILES string of the molecule is CC.CC(=O)CNC(=O)C(C)(C)CC(C)(S)C(=O)NCC(C)(C)C(C)(C)C(C)=O. The van der Waals surface area contributed by atoms with Crippen LogP contribution in [0.15, 0.2) is 0 Å². The van der Waals surface area contributed by atoms with E-state index in [0.717, 1.165) is 0 Å². The molecule has 0 rings (SSSR count). The van der Waals surface area contributed by atoms with Crippen LogP contribution in [0.4, 0.5) is 0 Å². The summed E-state index contributed by atoms with van der Waals surface area (Å²) in [4.78, 5) is 48.0. The van der Waals surface area contributed by atoms with Gasteiger partial charge >= 0.3 is 0 Å². The standard InChI is InChI=1S/C20H36N2O4S.C2H6/c1-13(23)10-21-15(25)17(3,4)11-20(9,27)16(26)22-12-18(5,6)19(7,8)14(2)24;1-2/h27H,10-12H2,1-9H3,(H,21,25)(H,22,26);1-2H3. The van der Waals surface area contributed by atoms with Gasteiger partial charge in [-0.05, 0) is 32.6 Å². The molecule has 7 heteroatoms. The van der Waals surface area contributed by atoms with Crippen molar-refractivity contribution >= 4 is 36.0 Å². The molecular formula is C22H42N2O4S. The Bertz CT molecular complexity index is 608. The van der Waals surface area contributed by atoms with Crippen LogP contribution in [-0.2, 0) is 19.2 Å². The van der Waals surface area contributed by atoms with Gasteiger partial charge in [-0.1, -0.05) is 55.4 Å². The van der Waals surface area contributed by atoms with Crippen LogP contribution in [0.5, 0.6) is 0 Å². The van der Waals surface area contributed by atoms with Crippen LogP contribution >= 0.6 is 12.6 Å². The molecule has 0 aromatic rings. The first-order chi connectivity index (χ1) is 12.9. The molecule has 6 nitrogen and oxygen atoms in total. The Morgan fingerprint density at radius 2 is 1.24 bits per heavy atom. The fourth-order valence-corrected chi connectivity index (χ4v) is 3.13. The molecule has 170 valence electrons. The van der Waals surface area contributed by atoms with Gasteiger partial charge < -0.3 is 10.6 Å². The van der Waals surface area contributed by atoms with Gasteiger partial charge in [0.25, 0.3) is 0 Å². The van der Waals surface area contributed by atoms with Gasteiger partial charge in [-0.25, -0.2) is 0 Å². The topological polar surface area (TPSA) is 92.3 Å². The van der Waals surface area contributed by atoms with Crippen LogP contribution in [-0.4, -0.2) is 41.2 Å². The second-order valence-electron chi connectivity index (χ2n) is 9.47. The summed E-state index contributed by atoms with van der Waals surface area (Å²) >= 11 is 4.50. The largest absolute Gasteiger partial charge is 0.354 e. The van der Waals surface area contributed by atoms with Gasteiger partial charge in [0.15, 0.2) is 0 Å². The maximum absolute atomic E-state index is 12.7. The molecule has 0 saturated heterocycles. The van der Waals surface area contributed by atoms with E-state index in [1.807, 2.05) is 41.5 Å². The second kappa shape index (κ2) is 11.1. The lowest BCUT2D eigenvalue weighted by atomic mass is 9.65. The Morgan fingerprint density at radius 1 is 0.793 bits per heavy atom. The number of carbonyl (C=O) groups is 4. The average Bonchev–Trinajstić information content (AvgIpc) is 2.57. The average molecular weight is 431 g/mol. The Morgan fingerprint density at radius 3 is 1.62 bits per heavy atom. The van der Waals surface area contributed by atoms with E-state index < -0.39 is 21.0 Å². The van der Waals surface area contributed by atoms with Crippen LogP contribution in [0.25, 0.3) is 0 Å². The molecule has 2 amide bonds. The molecule has 0 spiro atoms. The Balaban J connectivity index is 0. The summed E-state index contributed by atoms with van der Waals surface area (Å²) in [5, 5.41) is 5.46. The van der Waals surface area contributed by atoms with Crippen molar-refractivity contribution in [3.63, 3.8) is 0 Å². The number of amides is 2. The number of carbonyl (C=O) groups excluding carboxylic acids is 4. The van der Waals surface area contributed by atoms with E-state index in [0.29, 0.717) is 6.54 Å². The van der Waals surface area contributed by atoms with E-state index >= 15 is 0 Å². The third-order valence-electron chi connectivity index (χ3n) is 5.65. The predicted molar refractivity (Wildman–Crippen MR) is 122 cm³/mol. The van der Waals surface area contributed by atoms with Gasteiger partial charge in [0.05, 0.1) is 11.3 Å². The molecule has 0 aliphatic carbocycles. The molecule has 29 heavy (non-hydrogen) atoms. The summed E-state index contributed by atoms with van der Waals surface area (Å²) in [6, 6.07) is 0. The first kappa shape index (κ1) is 29.8. The summed E-state index contributed by atoms with van der Waals surface area (Å²) in [5.74, 6) is -0.686. The molecule has 0 heterocycles. The van der Waals surface area contributed by atoms with Crippen LogP contribution in [0.1, 0.15) is 82.6 Å². The zero-order valence-electron chi connectivity index (χ0n) is 20.2. The number of hydrogen-bond donors (Lipinski definition) is 3. The number of hydrogen-bond acceptors (Lipinski definition) is 5. The van der Waals surface area contributed by atoms with Crippen LogP contribution in [0.2, 0.25) is 0 Å². The predicted octanol–water partition coefficient (Wildman–Crippen LogP) is 3.58.